The Morgan fingerprint density at radius 3 is 2.48 bits per heavy atom. The molecule has 120 valence electrons. The van der Waals surface area contributed by atoms with Crippen molar-refractivity contribution in [2.75, 3.05) is 19.6 Å². The van der Waals surface area contributed by atoms with Gasteiger partial charge in [-0.25, -0.2) is 0 Å². The summed E-state index contributed by atoms with van der Waals surface area (Å²) in [5.74, 6) is 4.11. The van der Waals surface area contributed by atoms with Gasteiger partial charge in [-0.1, -0.05) is 13.3 Å². The standard InChI is InChI=1S/C19H34N2/c1-4-18(2)12-20-19(3,17-7-8-17)13-21(18)11-16-10-14-5-6-15(16)9-14/h14-17,20H,4-13H2,1-3H3. The largest absolute Gasteiger partial charge is 0.308 e. The lowest BCUT2D eigenvalue weighted by molar-refractivity contribution is -0.00616. The predicted molar refractivity (Wildman–Crippen MR) is 88.3 cm³/mol. The molecule has 5 atom stereocenters. The van der Waals surface area contributed by atoms with Gasteiger partial charge in [-0.2, -0.15) is 0 Å². The highest BCUT2D eigenvalue weighted by Gasteiger charge is 2.50. The first-order chi connectivity index (χ1) is 10.0. The Morgan fingerprint density at radius 1 is 1.10 bits per heavy atom. The summed E-state index contributed by atoms with van der Waals surface area (Å²) in [6.45, 7) is 11.2. The molecule has 4 fully saturated rings. The van der Waals surface area contributed by atoms with Crippen LogP contribution in [0.5, 0.6) is 0 Å². The molecule has 1 aliphatic heterocycles. The molecule has 4 rings (SSSR count). The van der Waals surface area contributed by atoms with Crippen molar-refractivity contribution < 1.29 is 0 Å². The summed E-state index contributed by atoms with van der Waals surface area (Å²) in [5.41, 5.74) is 0.780. The Balaban J connectivity index is 1.48. The van der Waals surface area contributed by atoms with Crippen LogP contribution in [0, 0.1) is 23.7 Å². The summed E-state index contributed by atoms with van der Waals surface area (Å²) in [7, 11) is 0. The third kappa shape index (κ3) is 2.47. The van der Waals surface area contributed by atoms with Crippen molar-refractivity contribution in [2.45, 2.75) is 76.8 Å². The minimum atomic E-state index is 0.385. The van der Waals surface area contributed by atoms with E-state index >= 15 is 0 Å². The summed E-state index contributed by atoms with van der Waals surface area (Å²) >= 11 is 0. The molecule has 2 bridgehead atoms. The van der Waals surface area contributed by atoms with E-state index in [1.807, 2.05) is 0 Å². The summed E-state index contributed by atoms with van der Waals surface area (Å²) in [6.07, 6.45) is 10.3. The van der Waals surface area contributed by atoms with E-state index in [0.29, 0.717) is 11.1 Å². The van der Waals surface area contributed by atoms with Crippen LogP contribution in [-0.2, 0) is 0 Å². The number of fused-ring (bicyclic) bond motifs is 2. The molecule has 2 nitrogen and oxygen atoms in total. The Bertz CT molecular complexity index is 404. The van der Waals surface area contributed by atoms with Gasteiger partial charge >= 0.3 is 0 Å². The monoisotopic (exact) mass is 290 g/mol. The maximum atomic E-state index is 3.95. The topological polar surface area (TPSA) is 15.3 Å². The van der Waals surface area contributed by atoms with Gasteiger partial charge in [-0.15, -0.1) is 0 Å². The molecule has 0 aromatic heterocycles. The molecule has 5 unspecified atom stereocenters. The Hall–Kier alpha value is -0.0800. The van der Waals surface area contributed by atoms with Crippen LogP contribution in [0.25, 0.3) is 0 Å². The highest BCUT2D eigenvalue weighted by Crippen LogP contribution is 2.50. The fourth-order valence-electron chi connectivity index (χ4n) is 5.66. The zero-order chi connectivity index (χ0) is 14.7. The van der Waals surface area contributed by atoms with Crippen LogP contribution >= 0.6 is 0 Å². The molecule has 0 aromatic carbocycles. The Morgan fingerprint density at radius 2 is 1.90 bits per heavy atom. The molecular weight excluding hydrogens is 256 g/mol. The molecule has 0 aromatic rings. The van der Waals surface area contributed by atoms with Crippen LogP contribution in [0.1, 0.15) is 65.7 Å². The number of nitrogens with zero attached hydrogens (tertiary/aromatic N) is 1. The van der Waals surface area contributed by atoms with Crippen molar-refractivity contribution in [2.24, 2.45) is 23.7 Å². The summed E-state index contributed by atoms with van der Waals surface area (Å²) in [6, 6.07) is 0. The van der Waals surface area contributed by atoms with Crippen molar-refractivity contribution in [1.82, 2.24) is 10.2 Å². The molecular formula is C19H34N2. The minimum absolute atomic E-state index is 0.385. The lowest BCUT2D eigenvalue weighted by atomic mass is 9.81. The third-order valence-electron chi connectivity index (χ3n) is 7.74. The Labute approximate surface area is 131 Å². The summed E-state index contributed by atoms with van der Waals surface area (Å²) < 4.78 is 0. The molecule has 4 aliphatic rings. The lowest BCUT2D eigenvalue weighted by Crippen LogP contribution is -2.69. The van der Waals surface area contributed by atoms with Gasteiger partial charge in [0.15, 0.2) is 0 Å². The van der Waals surface area contributed by atoms with Gasteiger partial charge in [0.1, 0.15) is 0 Å². The summed E-state index contributed by atoms with van der Waals surface area (Å²) in [4.78, 5) is 2.91. The van der Waals surface area contributed by atoms with E-state index in [2.05, 4.69) is 31.0 Å². The van der Waals surface area contributed by atoms with E-state index in [0.717, 1.165) is 23.7 Å². The molecule has 3 saturated carbocycles. The summed E-state index contributed by atoms with van der Waals surface area (Å²) in [5, 5.41) is 3.95. The number of rotatable bonds is 4. The van der Waals surface area contributed by atoms with Crippen LogP contribution in [0.4, 0.5) is 0 Å². The molecule has 3 aliphatic carbocycles. The van der Waals surface area contributed by atoms with Crippen molar-refractivity contribution in [1.29, 1.82) is 0 Å². The van der Waals surface area contributed by atoms with Crippen molar-refractivity contribution >= 4 is 0 Å². The van der Waals surface area contributed by atoms with Crippen LogP contribution in [0.15, 0.2) is 0 Å². The Kier molecular flexibility index (Phi) is 3.43. The van der Waals surface area contributed by atoms with Gasteiger partial charge in [-0.3, -0.25) is 4.90 Å². The first-order valence-electron chi connectivity index (χ1n) is 9.52. The average Bonchev–Trinajstić information content (AvgIpc) is 3.15. The normalized spacial score (nSPS) is 50.7. The minimum Gasteiger partial charge on any atom is -0.308 e. The second kappa shape index (κ2) is 4.96. The third-order valence-corrected chi connectivity index (χ3v) is 7.74. The van der Waals surface area contributed by atoms with Gasteiger partial charge in [0.2, 0.25) is 0 Å². The van der Waals surface area contributed by atoms with E-state index < -0.39 is 0 Å². The van der Waals surface area contributed by atoms with Crippen molar-refractivity contribution in [3.05, 3.63) is 0 Å². The fraction of sp³-hybridized carbons (Fsp3) is 1.00. The molecule has 21 heavy (non-hydrogen) atoms. The number of hydrogen-bond acceptors (Lipinski definition) is 2. The molecule has 0 spiro atoms. The molecule has 2 heteroatoms. The predicted octanol–water partition coefficient (Wildman–Crippen LogP) is 3.67. The molecule has 0 amide bonds. The van der Waals surface area contributed by atoms with E-state index in [9.17, 15) is 0 Å². The second-order valence-electron chi connectivity index (χ2n) is 9.21. The smallest absolute Gasteiger partial charge is 0.0309 e. The fourth-order valence-corrected chi connectivity index (χ4v) is 5.66. The quantitative estimate of drug-likeness (QED) is 0.850. The zero-order valence-electron chi connectivity index (χ0n) is 14.3. The van der Waals surface area contributed by atoms with Gasteiger partial charge in [-0.05, 0) is 76.0 Å². The van der Waals surface area contributed by atoms with Crippen LogP contribution < -0.4 is 5.32 Å². The first-order valence-corrected chi connectivity index (χ1v) is 9.52. The molecule has 1 N–H and O–H groups in total. The lowest BCUT2D eigenvalue weighted by Gasteiger charge is -2.53. The van der Waals surface area contributed by atoms with Crippen molar-refractivity contribution in [3.63, 3.8) is 0 Å². The highest BCUT2D eigenvalue weighted by atomic mass is 15.3. The van der Waals surface area contributed by atoms with Crippen molar-refractivity contribution in [3.8, 4) is 0 Å². The molecule has 0 radical (unpaired) electrons. The molecule has 1 heterocycles. The maximum Gasteiger partial charge on any atom is 0.0309 e. The maximum absolute atomic E-state index is 3.95. The average molecular weight is 290 g/mol. The number of hydrogen-bond donors (Lipinski definition) is 1. The highest BCUT2D eigenvalue weighted by molar-refractivity contribution is 5.08. The van der Waals surface area contributed by atoms with E-state index in [4.69, 9.17) is 0 Å². The number of piperazine rings is 1. The number of nitrogens with one attached hydrogen (secondary N) is 1. The van der Waals surface area contributed by atoms with Gasteiger partial charge in [0, 0.05) is 30.7 Å². The second-order valence-corrected chi connectivity index (χ2v) is 9.21. The van der Waals surface area contributed by atoms with Crippen LogP contribution in [0.2, 0.25) is 0 Å². The van der Waals surface area contributed by atoms with Crippen LogP contribution in [0.3, 0.4) is 0 Å². The molecule has 1 saturated heterocycles. The van der Waals surface area contributed by atoms with Gasteiger partial charge in [0.05, 0.1) is 0 Å². The van der Waals surface area contributed by atoms with E-state index in [1.165, 1.54) is 58.2 Å². The van der Waals surface area contributed by atoms with Gasteiger partial charge in [0.25, 0.3) is 0 Å². The first kappa shape index (κ1) is 14.5. The SMILES string of the molecule is CCC1(C)CNC(C)(C2CC2)CN1CC1CC2CCC1C2. The van der Waals surface area contributed by atoms with Crippen LogP contribution in [-0.4, -0.2) is 35.6 Å². The zero-order valence-corrected chi connectivity index (χ0v) is 14.3. The van der Waals surface area contributed by atoms with E-state index in [-0.39, 0.29) is 0 Å². The van der Waals surface area contributed by atoms with Gasteiger partial charge < -0.3 is 5.32 Å². The van der Waals surface area contributed by atoms with E-state index in [1.54, 1.807) is 6.42 Å².